The van der Waals surface area contributed by atoms with Crippen LogP contribution >= 0.6 is 0 Å². The van der Waals surface area contributed by atoms with Crippen molar-refractivity contribution in [2.45, 2.75) is 12.5 Å². The molecular weight excluding hydrogens is 254 g/mol. The minimum atomic E-state index is -0.545. The van der Waals surface area contributed by atoms with Crippen molar-refractivity contribution in [1.82, 2.24) is 0 Å². The van der Waals surface area contributed by atoms with E-state index in [1.165, 1.54) is 0 Å². The lowest BCUT2D eigenvalue weighted by atomic mass is 10.1. The molecule has 1 amide bonds. The van der Waals surface area contributed by atoms with E-state index in [1.54, 1.807) is 0 Å². The van der Waals surface area contributed by atoms with Gasteiger partial charge in [0, 0.05) is 6.40 Å². The quantitative estimate of drug-likeness (QED) is 0.799. The van der Waals surface area contributed by atoms with Crippen LogP contribution in [0.25, 0.3) is 0 Å². The summed E-state index contributed by atoms with van der Waals surface area (Å²) < 4.78 is 10.7. The van der Waals surface area contributed by atoms with Crippen molar-refractivity contribution < 1.29 is 14.3 Å². The van der Waals surface area contributed by atoms with Crippen LogP contribution < -0.4 is 4.74 Å². The molecule has 0 radical (unpaired) electrons. The minimum Gasteiger partial charge on any atom is -0.577 e. The maximum Gasteiger partial charge on any atom is 0.128 e. The predicted octanol–water partition coefficient (Wildman–Crippen LogP) is 2.85. The second-order valence-corrected chi connectivity index (χ2v) is 4.41. The third kappa shape index (κ3) is 2.85. The highest BCUT2D eigenvalue weighted by molar-refractivity contribution is 5.91. The van der Waals surface area contributed by atoms with Gasteiger partial charge in [0.2, 0.25) is 0 Å². The summed E-state index contributed by atoms with van der Waals surface area (Å²) in [4.78, 5) is 14.8. The normalized spacial score (nSPS) is 17.0. The fourth-order valence-corrected chi connectivity index (χ4v) is 1.92. The number of benzene rings is 2. The Balaban J connectivity index is 1.64. The Morgan fingerprint density at radius 3 is 2.40 bits per heavy atom. The zero-order valence-corrected chi connectivity index (χ0v) is 10.7. The second-order valence-electron chi connectivity index (χ2n) is 4.41. The topological polar surface area (TPSA) is 47.9 Å². The van der Waals surface area contributed by atoms with Gasteiger partial charge in [0.05, 0.1) is 6.10 Å². The van der Waals surface area contributed by atoms with E-state index >= 15 is 0 Å². The van der Waals surface area contributed by atoms with Gasteiger partial charge >= 0.3 is 0 Å². The number of ether oxygens (including phenoxy) is 2. The summed E-state index contributed by atoms with van der Waals surface area (Å²) in [5.41, 5.74) is 0.989. The molecule has 1 atom stereocenters. The molecule has 1 heterocycles. The van der Waals surface area contributed by atoms with Crippen LogP contribution in [0.3, 0.4) is 0 Å². The van der Waals surface area contributed by atoms with Crippen molar-refractivity contribution in [3.8, 4) is 11.5 Å². The summed E-state index contributed by atoms with van der Waals surface area (Å²) in [6.07, 6.45) is 2.18. The molecule has 0 saturated heterocycles. The molecule has 0 fully saturated rings. The molecule has 0 aliphatic carbocycles. The molecule has 1 unspecified atom stereocenters. The number of amides is 1. The zero-order valence-electron chi connectivity index (χ0n) is 10.7. The average molecular weight is 266 g/mol. The van der Waals surface area contributed by atoms with Gasteiger partial charge in [-0.05, 0) is 36.2 Å². The van der Waals surface area contributed by atoms with Crippen molar-refractivity contribution in [3.05, 3.63) is 60.2 Å². The smallest absolute Gasteiger partial charge is 0.128 e. The molecular formula is C16H12NO3-. The van der Waals surface area contributed by atoms with Gasteiger partial charge in [-0.25, -0.2) is 0 Å². The number of hydrogen-bond acceptors (Lipinski definition) is 3. The molecule has 4 nitrogen and oxygen atoms in total. The van der Waals surface area contributed by atoms with Gasteiger partial charge in [0.15, 0.2) is 0 Å². The van der Waals surface area contributed by atoms with Crippen molar-refractivity contribution in [2.75, 3.05) is 0 Å². The van der Waals surface area contributed by atoms with E-state index in [0.717, 1.165) is 17.1 Å². The maximum absolute atomic E-state index is 11.3. The lowest BCUT2D eigenvalue weighted by molar-refractivity contribution is -0.122. The lowest BCUT2D eigenvalue weighted by Crippen LogP contribution is -2.19. The van der Waals surface area contributed by atoms with Gasteiger partial charge in [-0.1, -0.05) is 30.3 Å². The molecule has 2 aromatic carbocycles. The summed E-state index contributed by atoms with van der Waals surface area (Å²) >= 11 is 0. The SMILES string of the molecule is O=C1N=[C-]OC1Cc1ccc(Oc2ccccc2)cc1. The first-order valence-corrected chi connectivity index (χ1v) is 6.28. The van der Waals surface area contributed by atoms with Crippen molar-refractivity contribution in [2.24, 2.45) is 4.99 Å². The first-order chi connectivity index (χ1) is 9.81. The van der Waals surface area contributed by atoms with Gasteiger partial charge < -0.3 is 19.3 Å². The van der Waals surface area contributed by atoms with Gasteiger partial charge in [-0.2, -0.15) is 0 Å². The van der Waals surface area contributed by atoms with Crippen LogP contribution in [0, 0.1) is 0 Å². The first kappa shape index (κ1) is 12.4. The largest absolute Gasteiger partial charge is 0.577 e. The van der Waals surface area contributed by atoms with Crippen LogP contribution in [0.1, 0.15) is 5.56 Å². The molecule has 0 N–H and O–H groups in total. The monoisotopic (exact) mass is 266 g/mol. The molecule has 0 bridgehead atoms. The van der Waals surface area contributed by atoms with E-state index in [0.29, 0.717) is 6.42 Å². The minimum absolute atomic E-state index is 0.283. The molecule has 0 saturated carbocycles. The van der Waals surface area contributed by atoms with E-state index in [2.05, 4.69) is 11.4 Å². The van der Waals surface area contributed by atoms with Crippen molar-refractivity contribution >= 4 is 12.3 Å². The van der Waals surface area contributed by atoms with Gasteiger partial charge in [-0.3, -0.25) is 0 Å². The van der Waals surface area contributed by atoms with Crippen LogP contribution in [-0.2, 0) is 16.0 Å². The highest BCUT2D eigenvalue weighted by Crippen LogP contribution is 2.22. The Kier molecular flexibility index (Phi) is 3.46. The second kappa shape index (κ2) is 5.57. The van der Waals surface area contributed by atoms with E-state index < -0.39 is 6.10 Å². The first-order valence-electron chi connectivity index (χ1n) is 6.28. The summed E-state index contributed by atoms with van der Waals surface area (Å²) in [5, 5.41) is 0. The molecule has 20 heavy (non-hydrogen) atoms. The van der Waals surface area contributed by atoms with Crippen LogP contribution in [-0.4, -0.2) is 18.4 Å². The van der Waals surface area contributed by atoms with Gasteiger partial charge in [-0.15, -0.1) is 0 Å². The van der Waals surface area contributed by atoms with Gasteiger partial charge in [0.25, 0.3) is 0 Å². The number of para-hydroxylation sites is 1. The highest BCUT2D eigenvalue weighted by atomic mass is 16.5. The third-order valence-electron chi connectivity index (χ3n) is 2.95. The molecule has 2 aromatic rings. The van der Waals surface area contributed by atoms with Crippen molar-refractivity contribution in [1.29, 1.82) is 0 Å². The molecule has 4 heteroatoms. The zero-order chi connectivity index (χ0) is 13.8. The van der Waals surface area contributed by atoms with Gasteiger partial charge in [0.1, 0.15) is 17.4 Å². The van der Waals surface area contributed by atoms with E-state index in [4.69, 9.17) is 9.47 Å². The van der Waals surface area contributed by atoms with Crippen LogP contribution in [0.15, 0.2) is 59.6 Å². The number of rotatable bonds is 4. The maximum atomic E-state index is 11.3. The lowest BCUT2D eigenvalue weighted by Gasteiger charge is -2.14. The van der Waals surface area contributed by atoms with Crippen molar-refractivity contribution in [3.63, 3.8) is 0 Å². The number of carbonyl (C=O) groups is 1. The highest BCUT2D eigenvalue weighted by Gasteiger charge is 2.13. The summed E-state index contributed by atoms with van der Waals surface area (Å²) in [5.74, 6) is 1.26. The van der Waals surface area contributed by atoms with Crippen LogP contribution in [0.4, 0.5) is 0 Å². The molecule has 1 aliphatic rings. The fourth-order valence-electron chi connectivity index (χ4n) is 1.92. The Morgan fingerprint density at radius 2 is 1.75 bits per heavy atom. The third-order valence-corrected chi connectivity index (χ3v) is 2.95. The number of hydrogen-bond donors (Lipinski definition) is 0. The van der Waals surface area contributed by atoms with Crippen LogP contribution in [0.5, 0.6) is 11.5 Å². The van der Waals surface area contributed by atoms with E-state index in [-0.39, 0.29) is 5.91 Å². The number of nitrogens with zero attached hydrogens (tertiary/aromatic N) is 1. The Bertz CT molecular complexity index is 620. The molecule has 3 rings (SSSR count). The number of aliphatic imine (C=N–C) groups is 1. The Morgan fingerprint density at radius 1 is 1.05 bits per heavy atom. The summed E-state index contributed by atoms with van der Waals surface area (Å²) in [6, 6.07) is 17.1. The summed E-state index contributed by atoms with van der Waals surface area (Å²) in [7, 11) is 0. The molecule has 0 spiro atoms. The standard InChI is InChI=1S/C16H12NO3/c18-16-15(19-11-17-16)10-12-6-8-14(9-7-12)20-13-4-2-1-3-5-13/h1-9,15H,10H2/q-1. The van der Waals surface area contributed by atoms with E-state index in [1.807, 2.05) is 54.6 Å². The fraction of sp³-hybridized carbons (Fsp3) is 0.125. The number of carbonyl (C=O) groups excluding carboxylic acids is 1. The molecule has 0 aromatic heterocycles. The Labute approximate surface area is 116 Å². The molecule has 100 valence electrons. The predicted molar refractivity (Wildman–Crippen MR) is 74.0 cm³/mol. The summed E-state index contributed by atoms with van der Waals surface area (Å²) in [6.45, 7) is 0. The molecule has 1 aliphatic heterocycles. The van der Waals surface area contributed by atoms with E-state index in [9.17, 15) is 4.79 Å². The Hall–Kier alpha value is -2.62. The average Bonchev–Trinajstić information content (AvgIpc) is 2.88. The van der Waals surface area contributed by atoms with Crippen LogP contribution in [0.2, 0.25) is 0 Å².